The molecule has 0 aliphatic rings. The number of thiazole rings is 1. The van der Waals surface area contributed by atoms with Crippen LogP contribution >= 0.6 is 22.9 Å². The average molecular weight is 333 g/mol. The molecule has 4 nitrogen and oxygen atoms in total. The molecular weight excluding hydrogens is 320 g/mol. The Morgan fingerprint density at radius 1 is 1.32 bits per heavy atom. The lowest BCUT2D eigenvalue weighted by Crippen LogP contribution is -2.04. The second kappa shape index (κ2) is 6.42. The number of hydrogen-bond acceptors (Lipinski definition) is 5. The summed E-state index contributed by atoms with van der Waals surface area (Å²) < 4.78 is 4.96. The maximum atomic E-state index is 12.2. The number of halogens is 1. The van der Waals surface area contributed by atoms with Gasteiger partial charge in [-0.05, 0) is 24.6 Å². The van der Waals surface area contributed by atoms with E-state index in [1.54, 1.807) is 18.4 Å². The monoisotopic (exact) mass is 332 g/mol. The maximum absolute atomic E-state index is 12.2. The van der Waals surface area contributed by atoms with Crippen molar-refractivity contribution < 1.29 is 9.32 Å². The first-order valence-electron chi connectivity index (χ1n) is 6.74. The minimum atomic E-state index is -0.0492. The number of carbonyl (C=O) groups is 1. The lowest BCUT2D eigenvalue weighted by molar-refractivity contribution is 0.0986. The summed E-state index contributed by atoms with van der Waals surface area (Å²) in [5.74, 6) is 0.649. The van der Waals surface area contributed by atoms with E-state index in [2.05, 4.69) is 10.1 Å². The molecule has 0 radical (unpaired) electrons. The minimum Gasteiger partial charge on any atom is -0.361 e. The first-order valence-corrected chi connectivity index (χ1v) is 8.00. The van der Waals surface area contributed by atoms with Crippen LogP contribution in [0.25, 0.3) is 0 Å². The van der Waals surface area contributed by atoms with Gasteiger partial charge in [-0.3, -0.25) is 4.79 Å². The van der Waals surface area contributed by atoms with Crippen LogP contribution in [0.4, 0.5) is 0 Å². The highest BCUT2D eigenvalue weighted by Crippen LogP contribution is 2.18. The van der Waals surface area contributed by atoms with Gasteiger partial charge in [0.25, 0.3) is 0 Å². The van der Waals surface area contributed by atoms with E-state index in [0.717, 1.165) is 10.6 Å². The summed E-state index contributed by atoms with van der Waals surface area (Å²) >= 11 is 7.35. The standard InChI is InChI=1S/C16H13ClN2O2S/c1-10-6-13(19-21-10)8-15(20)14-9-22-16(18-14)7-11-2-4-12(17)5-3-11/h2-6,9H,7-8H2,1H3. The van der Waals surface area contributed by atoms with E-state index in [0.29, 0.717) is 28.6 Å². The first kappa shape index (κ1) is 14.9. The average Bonchev–Trinajstić information content (AvgIpc) is 3.11. The van der Waals surface area contributed by atoms with E-state index in [-0.39, 0.29) is 12.2 Å². The number of ketones is 1. The highest BCUT2D eigenvalue weighted by molar-refractivity contribution is 7.09. The Hall–Kier alpha value is -1.98. The molecule has 22 heavy (non-hydrogen) atoms. The van der Waals surface area contributed by atoms with Crippen LogP contribution in [0.1, 0.15) is 32.5 Å². The smallest absolute Gasteiger partial charge is 0.188 e. The summed E-state index contributed by atoms with van der Waals surface area (Å²) in [6, 6.07) is 9.39. The van der Waals surface area contributed by atoms with Crippen LogP contribution in [0, 0.1) is 6.92 Å². The largest absolute Gasteiger partial charge is 0.361 e. The van der Waals surface area contributed by atoms with Gasteiger partial charge >= 0.3 is 0 Å². The highest BCUT2D eigenvalue weighted by atomic mass is 35.5. The lowest BCUT2D eigenvalue weighted by Gasteiger charge is -1.98. The molecule has 112 valence electrons. The highest BCUT2D eigenvalue weighted by Gasteiger charge is 2.14. The Bertz CT molecular complexity index is 793. The molecule has 3 rings (SSSR count). The maximum Gasteiger partial charge on any atom is 0.188 e. The van der Waals surface area contributed by atoms with Crippen molar-refractivity contribution >= 4 is 28.7 Å². The van der Waals surface area contributed by atoms with Crippen LogP contribution < -0.4 is 0 Å². The lowest BCUT2D eigenvalue weighted by atomic mass is 10.1. The van der Waals surface area contributed by atoms with Crippen molar-refractivity contribution in [3.8, 4) is 0 Å². The summed E-state index contributed by atoms with van der Waals surface area (Å²) in [5, 5.41) is 7.24. The Balaban J connectivity index is 1.67. The molecule has 0 spiro atoms. The summed E-state index contributed by atoms with van der Waals surface area (Å²) in [6.07, 6.45) is 0.902. The zero-order chi connectivity index (χ0) is 15.5. The topological polar surface area (TPSA) is 56.0 Å². The molecule has 0 bridgehead atoms. The Labute approximate surface area is 136 Å². The number of nitrogens with zero attached hydrogens (tertiary/aromatic N) is 2. The third kappa shape index (κ3) is 3.61. The van der Waals surface area contributed by atoms with Gasteiger partial charge in [-0.1, -0.05) is 28.9 Å². The fourth-order valence-electron chi connectivity index (χ4n) is 2.05. The molecule has 3 aromatic rings. The van der Waals surface area contributed by atoms with E-state index in [1.807, 2.05) is 24.3 Å². The minimum absolute atomic E-state index is 0.0492. The number of rotatable bonds is 5. The quantitative estimate of drug-likeness (QED) is 0.660. The van der Waals surface area contributed by atoms with Crippen LogP contribution in [0.3, 0.4) is 0 Å². The Kier molecular flexibility index (Phi) is 4.36. The number of benzene rings is 1. The molecule has 0 amide bonds. The fraction of sp³-hybridized carbons (Fsp3) is 0.188. The molecule has 0 saturated heterocycles. The molecule has 0 atom stereocenters. The number of hydrogen-bond donors (Lipinski definition) is 0. The van der Waals surface area contributed by atoms with Gasteiger partial charge in [0.1, 0.15) is 11.5 Å². The van der Waals surface area contributed by atoms with Gasteiger partial charge in [0.2, 0.25) is 0 Å². The number of aromatic nitrogens is 2. The van der Waals surface area contributed by atoms with Crippen molar-refractivity contribution in [1.82, 2.24) is 10.1 Å². The summed E-state index contributed by atoms with van der Waals surface area (Å²) in [7, 11) is 0. The van der Waals surface area contributed by atoms with Gasteiger partial charge < -0.3 is 4.52 Å². The SMILES string of the molecule is Cc1cc(CC(=O)c2csc(Cc3ccc(Cl)cc3)n2)no1. The van der Waals surface area contributed by atoms with Crippen molar-refractivity contribution in [1.29, 1.82) is 0 Å². The van der Waals surface area contributed by atoms with Crippen LogP contribution in [-0.4, -0.2) is 15.9 Å². The van der Waals surface area contributed by atoms with Gasteiger partial charge in [-0.2, -0.15) is 0 Å². The van der Waals surface area contributed by atoms with Gasteiger partial charge in [-0.25, -0.2) is 4.98 Å². The molecule has 2 heterocycles. The van der Waals surface area contributed by atoms with Crippen LogP contribution in [0.2, 0.25) is 5.02 Å². The molecule has 0 aliphatic heterocycles. The molecule has 0 N–H and O–H groups in total. The molecule has 0 unspecified atom stereocenters. The molecule has 1 aromatic carbocycles. The molecular formula is C16H13ClN2O2S. The van der Waals surface area contributed by atoms with Gasteiger partial charge in [0.15, 0.2) is 5.78 Å². The second-order valence-electron chi connectivity index (χ2n) is 4.96. The van der Waals surface area contributed by atoms with Crippen LogP contribution in [0.15, 0.2) is 40.2 Å². The zero-order valence-electron chi connectivity index (χ0n) is 11.9. The predicted octanol–water partition coefficient (Wildman–Crippen LogP) is 4.11. The number of Topliss-reactive ketones (excluding diaryl/α,β-unsaturated/α-hetero) is 1. The van der Waals surface area contributed by atoms with E-state index in [9.17, 15) is 4.79 Å². The van der Waals surface area contributed by atoms with Crippen molar-refractivity contribution in [2.45, 2.75) is 19.8 Å². The molecule has 0 aliphatic carbocycles. The molecule has 0 fully saturated rings. The zero-order valence-corrected chi connectivity index (χ0v) is 13.4. The van der Waals surface area contributed by atoms with E-state index >= 15 is 0 Å². The second-order valence-corrected chi connectivity index (χ2v) is 6.34. The summed E-state index contributed by atoms with van der Waals surface area (Å²) in [6.45, 7) is 1.80. The summed E-state index contributed by atoms with van der Waals surface area (Å²) in [4.78, 5) is 16.6. The molecule has 6 heteroatoms. The Morgan fingerprint density at radius 2 is 2.09 bits per heavy atom. The Morgan fingerprint density at radius 3 is 2.77 bits per heavy atom. The predicted molar refractivity (Wildman–Crippen MR) is 85.6 cm³/mol. The van der Waals surface area contributed by atoms with Gasteiger partial charge in [0.05, 0.1) is 17.1 Å². The van der Waals surface area contributed by atoms with Crippen molar-refractivity contribution in [3.63, 3.8) is 0 Å². The first-order chi connectivity index (χ1) is 10.6. The van der Waals surface area contributed by atoms with E-state index in [4.69, 9.17) is 16.1 Å². The van der Waals surface area contributed by atoms with E-state index < -0.39 is 0 Å². The fourth-order valence-corrected chi connectivity index (χ4v) is 3.01. The van der Waals surface area contributed by atoms with Crippen molar-refractivity contribution in [2.75, 3.05) is 0 Å². The molecule has 2 aromatic heterocycles. The van der Waals surface area contributed by atoms with Crippen molar-refractivity contribution in [2.24, 2.45) is 0 Å². The van der Waals surface area contributed by atoms with Crippen LogP contribution in [-0.2, 0) is 12.8 Å². The summed E-state index contributed by atoms with van der Waals surface area (Å²) in [5.41, 5.74) is 2.23. The third-order valence-corrected chi connectivity index (χ3v) is 4.23. The number of carbonyl (C=O) groups excluding carboxylic acids is 1. The van der Waals surface area contributed by atoms with E-state index in [1.165, 1.54) is 11.3 Å². The van der Waals surface area contributed by atoms with Gasteiger partial charge in [0, 0.05) is 22.9 Å². The van der Waals surface area contributed by atoms with Gasteiger partial charge in [-0.15, -0.1) is 11.3 Å². The molecule has 0 saturated carbocycles. The third-order valence-electron chi connectivity index (χ3n) is 3.12. The van der Waals surface area contributed by atoms with Crippen LogP contribution in [0.5, 0.6) is 0 Å². The number of aryl methyl sites for hydroxylation is 1. The van der Waals surface area contributed by atoms with Crippen molar-refractivity contribution in [3.05, 3.63) is 68.5 Å². The normalized spacial score (nSPS) is 10.8.